The molecule has 4 rings (SSSR count). The summed E-state index contributed by atoms with van der Waals surface area (Å²) < 4.78 is 5.38. The number of nitrogens with zero attached hydrogens (tertiary/aromatic N) is 1. The molecule has 2 aromatic carbocycles. The van der Waals surface area contributed by atoms with Crippen molar-refractivity contribution < 1.29 is 14.3 Å². The van der Waals surface area contributed by atoms with Crippen LogP contribution in [-0.2, 0) is 17.6 Å². The number of hydrogen-bond donors (Lipinski definition) is 2. The van der Waals surface area contributed by atoms with Gasteiger partial charge in [0.05, 0.1) is 18.7 Å². The second-order valence-electron chi connectivity index (χ2n) is 7.59. The van der Waals surface area contributed by atoms with Gasteiger partial charge >= 0.3 is 0 Å². The number of carbonyl (C=O) groups is 2. The van der Waals surface area contributed by atoms with Crippen molar-refractivity contribution in [1.82, 2.24) is 10.3 Å². The first-order valence-electron chi connectivity index (χ1n) is 10.5. The Balaban J connectivity index is 1.39. The van der Waals surface area contributed by atoms with Crippen molar-refractivity contribution in [2.24, 2.45) is 0 Å². The normalized spacial score (nSPS) is 15.0. The standard InChI is InChI=1S/C24H24ClN3O3S/c1-31-19-7-3-2-5-15(19)13-14-26-23(30)18-6-4-8-20-21(18)27-24(32-20)28-22(29)16-9-11-17(25)12-10-16/h2-3,5,7,9-12,18H,4,6,8,13-14H2,1H3,(H,26,30)(H,27,28,29). The molecule has 0 fully saturated rings. The summed E-state index contributed by atoms with van der Waals surface area (Å²) in [7, 11) is 1.65. The zero-order valence-electron chi connectivity index (χ0n) is 17.7. The van der Waals surface area contributed by atoms with E-state index < -0.39 is 0 Å². The number of rotatable bonds is 7. The number of methoxy groups -OCH3 is 1. The molecule has 3 aromatic rings. The Morgan fingerprint density at radius 3 is 2.75 bits per heavy atom. The van der Waals surface area contributed by atoms with Gasteiger partial charge in [-0.1, -0.05) is 29.8 Å². The lowest BCUT2D eigenvalue weighted by Gasteiger charge is -2.20. The monoisotopic (exact) mass is 469 g/mol. The highest BCUT2D eigenvalue weighted by molar-refractivity contribution is 7.16. The summed E-state index contributed by atoms with van der Waals surface area (Å²) in [6, 6.07) is 14.5. The average molecular weight is 470 g/mol. The van der Waals surface area contributed by atoms with Crippen LogP contribution in [0.5, 0.6) is 5.75 Å². The summed E-state index contributed by atoms with van der Waals surface area (Å²) in [6.45, 7) is 0.523. The van der Waals surface area contributed by atoms with Crippen molar-refractivity contribution in [3.05, 3.63) is 75.3 Å². The maximum absolute atomic E-state index is 12.9. The van der Waals surface area contributed by atoms with Crippen molar-refractivity contribution in [3.8, 4) is 5.75 Å². The minimum absolute atomic E-state index is 0.0262. The molecule has 1 heterocycles. The van der Waals surface area contributed by atoms with Crippen LogP contribution < -0.4 is 15.4 Å². The van der Waals surface area contributed by atoms with Crippen molar-refractivity contribution in [2.75, 3.05) is 19.0 Å². The Morgan fingerprint density at radius 1 is 1.19 bits per heavy atom. The maximum Gasteiger partial charge on any atom is 0.257 e. The second kappa shape index (κ2) is 10.1. The van der Waals surface area contributed by atoms with Gasteiger partial charge in [-0.2, -0.15) is 0 Å². The number of amides is 2. The molecule has 1 aliphatic carbocycles. The van der Waals surface area contributed by atoms with Crippen molar-refractivity contribution >= 4 is 39.9 Å². The Kier molecular flexibility index (Phi) is 7.07. The first-order valence-corrected chi connectivity index (χ1v) is 11.7. The van der Waals surface area contributed by atoms with Gasteiger partial charge in [-0.25, -0.2) is 4.98 Å². The molecule has 0 aliphatic heterocycles. The molecule has 166 valence electrons. The molecule has 0 saturated carbocycles. The molecule has 1 atom stereocenters. The number of para-hydroxylation sites is 1. The third-order valence-corrected chi connectivity index (χ3v) is 6.78. The first-order chi connectivity index (χ1) is 15.5. The van der Waals surface area contributed by atoms with Gasteiger partial charge in [-0.05, 0) is 61.6 Å². The van der Waals surface area contributed by atoms with E-state index in [1.165, 1.54) is 11.3 Å². The van der Waals surface area contributed by atoms with Crippen LogP contribution in [0, 0.1) is 0 Å². The summed E-state index contributed by atoms with van der Waals surface area (Å²) in [5.74, 6) is 0.253. The third kappa shape index (κ3) is 5.11. The van der Waals surface area contributed by atoms with Gasteiger partial charge in [0.15, 0.2) is 5.13 Å². The lowest BCUT2D eigenvalue weighted by molar-refractivity contribution is -0.122. The van der Waals surface area contributed by atoms with E-state index in [-0.39, 0.29) is 17.7 Å². The van der Waals surface area contributed by atoms with Gasteiger partial charge in [-0.3, -0.25) is 14.9 Å². The largest absolute Gasteiger partial charge is 0.496 e. The number of benzene rings is 2. The fourth-order valence-electron chi connectivity index (χ4n) is 3.85. The quantitative estimate of drug-likeness (QED) is 0.519. The Bertz CT molecular complexity index is 1110. The van der Waals surface area contributed by atoms with Gasteiger partial charge in [0.1, 0.15) is 5.75 Å². The lowest BCUT2D eigenvalue weighted by atomic mass is 9.90. The highest BCUT2D eigenvalue weighted by Gasteiger charge is 2.30. The number of carbonyl (C=O) groups excluding carboxylic acids is 2. The van der Waals surface area contributed by atoms with Crippen molar-refractivity contribution in [2.45, 2.75) is 31.6 Å². The number of ether oxygens (including phenoxy) is 1. The molecule has 1 unspecified atom stereocenters. The number of fused-ring (bicyclic) bond motifs is 1. The van der Waals surface area contributed by atoms with E-state index in [0.29, 0.717) is 28.7 Å². The fraction of sp³-hybridized carbons (Fsp3) is 0.292. The molecule has 2 amide bonds. The minimum atomic E-state index is -0.297. The first kappa shape index (κ1) is 22.3. The SMILES string of the molecule is COc1ccccc1CCNC(=O)C1CCCc2sc(NC(=O)c3ccc(Cl)cc3)nc21. The van der Waals surface area contributed by atoms with Crippen LogP contribution >= 0.6 is 22.9 Å². The third-order valence-electron chi connectivity index (χ3n) is 5.48. The molecular formula is C24H24ClN3O3S. The molecule has 8 heteroatoms. The van der Waals surface area contributed by atoms with Crippen LogP contribution in [0.1, 0.15) is 45.3 Å². The predicted molar refractivity (Wildman–Crippen MR) is 127 cm³/mol. The highest BCUT2D eigenvalue weighted by Crippen LogP contribution is 2.37. The van der Waals surface area contributed by atoms with E-state index in [4.69, 9.17) is 16.3 Å². The summed E-state index contributed by atoms with van der Waals surface area (Å²) in [4.78, 5) is 31.1. The molecule has 0 spiro atoms. The van der Waals surface area contributed by atoms with E-state index >= 15 is 0 Å². The molecule has 32 heavy (non-hydrogen) atoms. The van der Waals surface area contributed by atoms with Gasteiger partial charge in [0.2, 0.25) is 5.91 Å². The Hall–Kier alpha value is -2.90. The van der Waals surface area contributed by atoms with Crippen molar-refractivity contribution in [1.29, 1.82) is 0 Å². The van der Waals surface area contributed by atoms with Crippen LogP contribution in [0.2, 0.25) is 5.02 Å². The molecule has 0 bridgehead atoms. The number of hydrogen-bond acceptors (Lipinski definition) is 5. The number of thiazole rings is 1. The summed E-state index contributed by atoms with van der Waals surface area (Å²) in [5, 5.41) is 6.99. The summed E-state index contributed by atoms with van der Waals surface area (Å²) >= 11 is 7.33. The number of nitrogens with one attached hydrogen (secondary N) is 2. The van der Waals surface area contributed by atoms with E-state index in [2.05, 4.69) is 15.6 Å². The van der Waals surface area contributed by atoms with Crippen LogP contribution in [0.3, 0.4) is 0 Å². The van der Waals surface area contributed by atoms with Crippen LogP contribution in [0.15, 0.2) is 48.5 Å². The lowest BCUT2D eigenvalue weighted by Crippen LogP contribution is -2.32. The van der Waals surface area contributed by atoms with E-state index in [0.717, 1.165) is 41.1 Å². The topological polar surface area (TPSA) is 80.3 Å². The zero-order valence-corrected chi connectivity index (χ0v) is 19.3. The average Bonchev–Trinajstić information content (AvgIpc) is 3.22. The Morgan fingerprint density at radius 2 is 1.97 bits per heavy atom. The maximum atomic E-state index is 12.9. The van der Waals surface area contributed by atoms with E-state index in [1.807, 2.05) is 24.3 Å². The number of aryl methyl sites for hydroxylation is 1. The van der Waals surface area contributed by atoms with Gasteiger partial charge in [-0.15, -0.1) is 11.3 Å². The molecular weight excluding hydrogens is 446 g/mol. The van der Waals surface area contributed by atoms with E-state index in [1.54, 1.807) is 31.4 Å². The van der Waals surface area contributed by atoms with Crippen LogP contribution in [0.25, 0.3) is 0 Å². The van der Waals surface area contributed by atoms with Gasteiger partial charge in [0.25, 0.3) is 5.91 Å². The smallest absolute Gasteiger partial charge is 0.257 e. The van der Waals surface area contributed by atoms with Crippen molar-refractivity contribution in [3.63, 3.8) is 0 Å². The predicted octanol–water partition coefficient (Wildman–Crippen LogP) is 4.84. The fourth-order valence-corrected chi connectivity index (χ4v) is 5.04. The molecule has 0 saturated heterocycles. The highest BCUT2D eigenvalue weighted by atomic mass is 35.5. The number of aromatic nitrogens is 1. The molecule has 1 aliphatic rings. The summed E-state index contributed by atoms with van der Waals surface area (Å²) in [6.07, 6.45) is 3.23. The van der Waals surface area contributed by atoms with E-state index in [9.17, 15) is 9.59 Å². The number of anilines is 1. The number of halogens is 1. The molecule has 2 N–H and O–H groups in total. The zero-order chi connectivity index (χ0) is 22.5. The molecule has 1 aromatic heterocycles. The molecule has 6 nitrogen and oxygen atoms in total. The van der Waals surface area contributed by atoms with Crippen LogP contribution in [0.4, 0.5) is 5.13 Å². The van der Waals surface area contributed by atoms with Gasteiger partial charge < -0.3 is 10.1 Å². The molecule has 0 radical (unpaired) electrons. The Labute approximate surface area is 196 Å². The van der Waals surface area contributed by atoms with Crippen LogP contribution in [-0.4, -0.2) is 30.5 Å². The minimum Gasteiger partial charge on any atom is -0.496 e. The van der Waals surface area contributed by atoms with Gasteiger partial charge in [0, 0.05) is 22.0 Å². The summed E-state index contributed by atoms with van der Waals surface area (Å²) in [5.41, 5.74) is 2.34. The second-order valence-corrected chi connectivity index (χ2v) is 9.11.